The van der Waals surface area contributed by atoms with Gasteiger partial charge in [-0.1, -0.05) is 39.7 Å². The van der Waals surface area contributed by atoms with Crippen molar-refractivity contribution in [3.8, 4) is 0 Å². The van der Waals surface area contributed by atoms with Crippen molar-refractivity contribution in [1.29, 1.82) is 0 Å². The number of rotatable bonds is 4. The smallest absolute Gasteiger partial charge is 0.223 e. The molecule has 0 saturated heterocycles. The van der Waals surface area contributed by atoms with Gasteiger partial charge >= 0.3 is 0 Å². The summed E-state index contributed by atoms with van der Waals surface area (Å²) in [5, 5.41) is 15.5. The lowest BCUT2D eigenvalue weighted by molar-refractivity contribution is -0.127. The quantitative estimate of drug-likeness (QED) is 0.891. The largest absolute Gasteiger partial charge is 0.389 e. The molecule has 1 aliphatic carbocycles. The minimum absolute atomic E-state index is 0.00000283. The van der Waals surface area contributed by atoms with E-state index in [1.807, 2.05) is 11.4 Å². The van der Waals surface area contributed by atoms with Crippen molar-refractivity contribution in [3.63, 3.8) is 0 Å². The molecule has 1 atom stereocenters. The summed E-state index contributed by atoms with van der Waals surface area (Å²) in [5.74, 6) is -0.0391. The molecule has 1 aromatic heterocycles. The van der Waals surface area contributed by atoms with Crippen molar-refractivity contribution >= 4 is 17.2 Å². The first-order valence-electron chi connectivity index (χ1n) is 7.35. The maximum atomic E-state index is 12.3. The summed E-state index contributed by atoms with van der Waals surface area (Å²) >= 11 is 1.66. The normalized spacial score (nSPS) is 19.8. The van der Waals surface area contributed by atoms with Crippen LogP contribution in [0.4, 0.5) is 0 Å². The number of amides is 1. The number of hydrogen-bond donors (Lipinski definition) is 2. The lowest BCUT2D eigenvalue weighted by Crippen LogP contribution is -2.40. The maximum Gasteiger partial charge on any atom is 0.223 e. The van der Waals surface area contributed by atoms with Gasteiger partial charge < -0.3 is 10.4 Å². The lowest BCUT2D eigenvalue weighted by atomic mass is 9.85. The second kappa shape index (κ2) is 5.86. The van der Waals surface area contributed by atoms with Crippen molar-refractivity contribution in [1.82, 2.24) is 5.32 Å². The molecule has 0 radical (unpaired) electrons. The molecule has 1 heterocycles. The predicted molar refractivity (Wildman–Crippen MR) is 82.7 cm³/mol. The molecule has 0 spiro atoms. The molecule has 1 amide bonds. The van der Waals surface area contributed by atoms with Gasteiger partial charge in [-0.2, -0.15) is 0 Å². The number of hydrogen-bond acceptors (Lipinski definition) is 3. The van der Waals surface area contributed by atoms with E-state index in [0.29, 0.717) is 0 Å². The van der Waals surface area contributed by atoms with E-state index in [4.69, 9.17) is 0 Å². The first-order chi connectivity index (χ1) is 9.30. The standard InChI is InChI=1S/C16H25NO2S/c1-15(2,3)14(12-7-6-10-20-12)17-13(18)11-16(19)8-4-5-9-16/h6-7,10,14,19H,4-5,8-9,11H2,1-3H3,(H,17,18). The zero-order valence-electron chi connectivity index (χ0n) is 12.6. The Morgan fingerprint density at radius 1 is 1.45 bits per heavy atom. The first-order valence-corrected chi connectivity index (χ1v) is 8.23. The SMILES string of the molecule is CC(C)(C)C(NC(=O)CC1(O)CCCC1)c1cccs1. The number of aliphatic hydroxyl groups is 1. The molecule has 1 aliphatic rings. The molecular weight excluding hydrogens is 270 g/mol. The summed E-state index contributed by atoms with van der Waals surface area (Å²) in [6.07, 6.45) is 3.78. The Bertz CT molecular complexity index is 442. The van der Waals surface area contributed by atoms with Crippen LogP contribution >= 0.6 is 11.3 Å². The van der Waals surface area contributed by atoms with E-state index < -0.39 is 5.60 Å². The fourth-order valence-electron chi connectivity index (χ4n) is 2.89. The highest BCUT2D eigenvalue weighted by molar-refractivity contribution is 7.10. The molecule has 2 N–H and O–H groups in total. The molecule has 20 heavy (non-hydrogen) atoms. The van der Waals surface area contributed by atoms with Gasteiger partial charge in [0.2, 0.25) is 5.91 Å². The Kier molecular flexibility index (Phi) is 4.55. The third-order valence-corrected chi connectivity index (χ3v) is 4.96. The van der Waals surface area contributed by atoms with Crippen LogP contribution in [0.1, 0.15) is 63.8 Å². The number of thiophene rings is 1. The minimum atomic E-state index is -0.776. The third kappa shape index (κ3) is 3.83. The van der Waals surface area contributed by atoms with E-state index in [1.54, 1.807) is 11.3 Å². The molecule has 2 rings (SSSR count). The van der Waals surface area contributed by atoms with Gasteiger partial charge in [-0.3, -0.25) is 4.79 Å². The van der Waals surface area contributed by atoms with Crippen LogP contribution in [0.15, 0.2) is 17.5 Å². The molecule has 4 heteroatoms. The molecule has 1 fully saturated rings. The van der Waals surface area contributed by atoms with E-state index in [9.17, 15) is 9.90 Å². The molecule has 1 aromatic rings. The second-order valence-electron chi connectivity index (χ2n) is 6.99. The molecular formula is C16H25NO2S. The summed E-state index contributed by atoms with van der Waals surface area (Å²) in [4.78, 5) is 13.5. The maximum absolute atomic E-state index is 12.3. The van der Waals surface area contributed by atoms with Crippen molar-refractivity contribution < 1.29 is 9.90 Å². The highest BCUT2D eigenvalue weighted by Gasteiger charge is 2.35. The summed E-state index contributed by atoms with van der Waals surface area (Å²) in [6, 6.07) is 4.07. The number of carbonyl (C=O) groups is 1. The van der Waals surface area contributed by atoms with Crippen molar-refractivity contribution in [3.05, 3.63) is 22.4 Å². The Hall–Kier alpha value is -0.870. The van der Waals surface area contributed by atoms with Crippen LogP contribution in [0, 0.1) is 5.41 Å². The molecule has 1 unspecified atom stereocenters. The third-order valence-electron chi connectivity index (χ3n) is 4.02. The Morgan fingerprint density at radius 2 is 2.10 bits per heavy atom. The topological polar surface area (TPSA) is 49.3 Å². The number of carbonyl (C=O) groups excluding carboxylic acids is 1. The first kappa shape index (κ1) is 15.5. The predicted octanol–water partition coefficient (Wildman–Crippen LogP) is 3.65. The zero-order valence-corrected chi connectivity index (χ0v) is 13.4. The van der Waals surface area contributed by atoms with Crippen LogP contribution in [-0.2, 0) is 4.79 Å². The van der Waals surface area contributed by atoms with Crippen molar-refractivity contribution in [2.24, 2.45) is 5.41 Å². The fraction of sp³-hybridized carbons (Fsp3) is 0.688. The van der Waals surface area contributed by atoms with Gasteiger partial charge in [0, 0.05) is 4.88 Å². The molecule has 0 bridgehead atoms. The minimum Gasteiger partial charge on any atom is -0.389 e. The Balaban J connectivity index is 2.03. The van der Waals surface area contributed by atoms with E-state index in [-0.39, 0.29) is 23.8 Å². The van der Waals surface area contributed by atoms with Gasteiger partial charge in [0.05, 0.1) is 18.1 Å². The monoisotopic (exact) mass is 295 g/mol. The molecule has 0 aromatic carbocycles. The van der Waals surface area contributed by atoms with Crippen LogP contribution < -0.4 is 5.32 Å². The van der Waals surface area contributed by atoms with Crippen LogP contribution in [0.2, 0.25) is 0 Å². The van der Waals surface area contributed by atoms with Crippen LogP contribution in [-0.4, -0.2) is 16.6 Å². The van der Waals surface area contributed by atoms with E-state index in [0.717, 1.165) is 25.7 Å². The van der Waals surface area contributed by atoms with Gasteiger partial charge in [0.1, 0.15) is 0 Å². The molecule has 112 valence electrons. The van der Waals surface area contributed by atoms with E-state index in [2.05, 4.69) is 32.2 Å². The summed E-state index contributed by atoms with van der Waals surface area (Å²) < 4.78 is 0. The van der Waals surface area contributed by atoms with Gasteiger partial charge in [-0.05, 0) is 29.7 Å². The van der Waals surface area contributed by atoms with Crippen molar-refractivity contribution in [2.75, 3.05) is 0 Å². The van der Waals surface area contributed by atoms with E-state index in [1.165, 1.54) is 4.88 Å². The summed E-state index contributed by atoms with van der Waals surface area (Å²) in [6.45, 7) is 6.38. The second-order valence-corrected chi connectivity index (χ2v) is 7.97. The average Bonchev–Trinajstić information content (AvgIpc) is 2.95. The summed E-state index contributed by atoms with van der Waals surface area (Å²) in [5.41, 5.74) is -0.819. The Labute approximate surface area is 125 Å². The fourth-order valence-corrected chi connectivity index (χ4v) is 3.91. The molecule has 0 aliphatic heterocycles. The van der Waals surface area contributed by atoms with Crippen LogP contribution in [0.5, 0.6) is 0 Å². The van der Waals surface area contributed by atoms with Crippen LogP contribution in [0.3, 0.4) is 0 Å². The molecule has 1 saturated carbocycles. The number of nitrogens with one attached hydrogen (secondary N) is 1. The Morgan fingerprint density at radius 3 is 2.60 bits per heavy atom. The van der Waals surface area contributed by atoms with Gasteiger partial charge in [-0.25, -0.2) is 0 Å². The highest BCUT2D eigenvalue weighted by atomic mass is 32.1. The van der Waals surface area contributed by atoms with E-state index >= 15 is 0 Å². The van der Waals surface area contributed by atoms with Gasteiger partial charge in [0.15, 0.2) is 0 Å². The highest BCUT2D eigenvalue weighted by Crippen LogP contribution is 2.36. The average molecular weight is 295 g/mol. The molecule has 3 nitrogen and oxygen atoms in total. The lowest BCUT2D eigenvalue weighted by Gasteiger charge is -2.32. The van der Waals surface area contributed by atoms with Gasteiger partial charge in [0.25, 0.3) is 0 Å². The summed E-state index contributed by atoms with van der Waals surface area (Å²) in [7, 11) is 0. The van der Waals surface area contributed by atoms with Gasteiger partial charge in [-0.15, -0.1) is 11.3 Å². The zero-order chi connectivity index (χ0) is 14.8. The van der Waals surface area contributed by atoms with Crippen molar-refractivity contribution in [2.45, 2.75) is 64.5 Å². The van der Waals surface area contributed by atoms with Crippen LogP contribution in [0.25, 0.3) is 0 Å².